The van der Waals surface area contributed by atoms with Crippen LogP contribution in [0.3, 0.4) is 0 Å². The number of carbonyl (C=O) groups excluding carboxylic acids is 2. The lowest BCUT2D eigenvalue weighted by Gasteiger charge is -2.29. The van der Waals surface area contributed by atoms with Gasteiger partial charge < -0.3 is 10.2 Å². The second-order valence-electron chi connectivity index (χ2n) is 6.04. The molecule has 1 N–H and O–H groups in total. The number of amides is 2. The second kappa shape index (κ2) is 6.31. The van der Waals surface area contributed by atoms with Gasteiger partial charge in [-0.25, -0.2) is 0 Å². The minimum atomic E-state index is -4.39. The lowest BCUT2D eigenvalue weighted by molar-refractivity contribution is -0.138. The predicted molar refractivity (Wildman–Crippen MR) is 84.1 cm³/mol. The molecule has 1 saturated carbocycles. The normalized spacial score (nSPS) is 22.6. The van der Waals surface area contributed by atoms with Crippen LogP contribution in [-0.2, 0) is 15.8 Å². The number of thioether (sulfide) groups is 1. The molecule has 1 aliphatic heterocycles. The lowest BCUT2D eigenvalue weighted by Crippen LogP contribution is -2.47. The molecule has 2 amide bonds. The summed E-state index contributed by atoms with van der Waals surface area (Å²) in [4.78, 5) is 25.9. The second-order valence-corrected chi connectivity index (χ2v) is 7.11. The Bertz CT molecular complexity index is 644. The van der Waals surface area contributed by atoms with Crippen LogP contribution in [0.1, 0.15) is 36.3 Å². The van der Waals surface area contributed by atoms with Crippen molar-refractivity contribution in [3.05, 3.63) is 35.4 Å². The summed E-state index contributed by atoms with van der Waals surface area (Å²) in [5, 5.41) is 2.42. The number of rotatable bonds is 4. The van der Waals surface area contributed by atoms with E-state index in [4.69, 9.17) is 0 Å². The van der Waals surface area contributed by atoms with Gasteiger partial charge in [-0.05, 0) is 37.5 Å². The average Bonchev–Trinajstić information content (AvgIpc) is 3.25. The Labute approximate surface area is 141 Å². The number of benzene rings is 1. The SMILES string of the molecule is C[C@H](C(=O)NC1CC1)N1C(=O)CS[C@H]1c1ccc(C(F)(F)F)cc1. The molecule has 1 saturated heterocycles. The molecule has 0 bridgehead atoms. The quantitative estimate of drug-likeness (QED) is 0.900. The van der Waals surface area contributed by atoms with Gasteiger partial charge in [0.05, 0.1) is 11.3 Å². The summed E-state index contributed by atoms with van der Waals surface area (Å²) in [6, 6.07) is 4.29. The number of alkyl halides is 3. The van der Waals surface area contributed by atoms with Gasteiger partial charge in [-0.2, -0.15) is 13.2 Å². The Kier molecular flexibility index (Phi) is 4.50. The molecule has 2 aliphatic rings. The molecule has 1 aromatic rings. The van der Waals surface area contributed by atoms with Crippen molar-refractivity contribution in [2.24, 2.45) is 0 Å². The molecule has 3 rings (SSSR count). The van der Waals surface area contributed by atoms with Crippen LogP contribution in [-0.4, -0.2) is 34.6 Å². The first kappa shape index (κ1) is 17.1. The maximum Gasteiger partial charge on any atom is 0.416 e. The van der Waals surface area contributed by atoms with Gasteiger partial charge in [0.15, 0.2) is 0 Å². The van der Waals surface area contributed by atoms with Crippen molar-refractivity contribution in [2.45, 2.75) is 43.4 Å². The molecule has 0 radical (unpaired) electrons. The zero-order valence-electron chi connectivity index (χ0n) is 13.0. The van der Waals surface area contributed by atoms with Gasteiger partial charge >= 0.3 is 6.18 Å². The van der Waals surface area contributed by atoms with Crippen LogP contribution in [0.25, 0.3) is 0 Å². The van der Waals surface area contributed by atoms with Gasteiger partial charge in [0.25, 0.3) is 0 Å². The molecule has 0 spiro atoms. The molecule has 130 valence electrons. The zero-order valence-corrected chi connectivity index (χ0v) is 13.8. The smallest absolute Gasteiger partial charge is 0.352 e. The summed E-state index contributed by atoms with van der Waals surface area (Å²) >= 11 is 1.32. The summed E-state index contributed by atoms with van der Waals surface area (Å²) < 4.78 is 38.0. The zero-order chi connectivity index (χ0) is 17.5. The number of nitrogens with one attached hydrogen (secondary N) is 1. The van der Waals surface area contributed by atoms with Crippen LogP contribution in [0, 0.1) is 0 Å². The molecule has 1 heterocycles. The molecule has 8 heteroatoms. The Balaban J connectivity index is 1.78. The van der Waals surface area contributed by atoms with Crippen molar-refractivity contribution in [3.63, 3.8) is 0 Å². The van der Waals surface area contributed by atoms with Crippen molar-refractivity contribution < 1.29 is 22.8 Å². The molecule has 2 fully saturated rings. The molecular formula is C16H17F3N2O2S. The Morgan fingerprint density at radius 2 is 1.92 bits per heavy atom. The molecule has 4 nitrogen and oxygen atoms in total. The third kappa shape index (κ3) is 3.53. The van der Waals surface area contributed by atoms with Crippen molar-refractivity contribution in [1.29, 1.82) is 0 Å². The molecule has 1 aliphatic carbocycles. The van der Waals surface area contributed by atoms with Crippen LogP contribution >= 0.6 is 11.8 Å². The van der Waals surface area contributed by atoms with E-state index in [1.54, 1.807) is 6.92 Å². The van der Waals surface area contributed by atoms with E-state index >= 15 is 0 Å². The average molecular weight is 358 g/mol. The molecule has 0 aromatic heterocycles. The topological polar surface area (TPSA) is 49.4 Å². The monoisotopic (exact) mass is 358 g/mol. The molecule has 24 heavy (non-hydrogen) atoms. The van der Waals surface area contributed by atoms with Gasteiger partial charge in [0, 0.05) is 6.04 Å². The summed E-state index contributed by atoms with van der Waals surface area (Å²) in [5.41, 5.74) is -0.142. The Morgan fingerprint density at radius 3 is 2.46 bits per heavy atom. The van der Waals surface area contributed by atoms with E-state index in [0.717, 1.165) is 25.0 Å². The number of halogens is 3. The van der Waals surface area contributed by atoms with Crippen LogP contribution in [0.4, 0.5) is 13.2 Å². The van der Waals surface area contributed by atoms with Gasteiger partial charge in [0.1, 0.15) is 11.4 Å². The predicted octanol–water partition coefficient (Wildman–Crippen LogP) is 2.95. The highest BCUT2D eigenvalue weighted by molar-refractivity contribution is 8.00. The van der Waals surface area contributed by atoms with E-state index in [0.29, 0.717) is 5.56 Å². The Morgan fingerprint density at radius 1 is 1.29 bits per heavy atom. The highest BCUT2D eigenvalue weighted by Gasteiger charge is 2.40. The van der Waals surface area contributed by atoms with Crippen molar-refractivity contribution in [1.82, 2.24) is 10.2 Å². The first-order valence-corrected chi connectivity index (χ1v) is 8.72. The molecule has 0 unspecified atom stereocenters. The number of nitrogens with zero attached hydrogens (tertiary/aromatic N) is 1. The first-order valence-electron chi connectivity index (χ1n) is 7.67. The van der Waals surface area contributed by atoms with E-state index < -0.39 is 23.2 Å². The number of carbonyl (C=O) groups is 2. The van der Waals surface area contributed by atoms with E-state index in [-0.39, 0.29) is 23.6 Å². The number of hydrogen-bond donors (Lipinski definition) is 1. The fraction of sp³-hybridized carbons (Fsp3) is 0.500. The summed E-state index contributed by atoms with van der Waals surface area (Å²) in [6.07, 6.45) is -2.50. The van der Waals surface area contributed by atoms with E-state index in [1.165, 1.54) is 28.8 Å². The maximum atomic E-state index is 12.7. The van der Waals surface area contributed by atoms with Crippen LogP contribution in [0.15, 0.2) is 24.3 Å². The van der Waals surface area contributed by atoms with Gasteiger partial charge in [-0.15, -0.1) is 11.8 Å². The fourth-order valence-electron chi connectivity index (χ4n) is 2.62. The first-order chi connectivity index (χ1) is 11.3. The van der Waals surface area contributed by atoms with E-state index in [1.807, 2.05) is 0 Å². The minimum absolute atomic E-state index is 0.177. The third-order valence-electron chi connectivity index (χ3n) is 4.15. The van der Waals surface area contributed by atoms with E-state index in [2.05, 4.69) is 5.32 Å². The van der Waals surface area contributed by atoms with Gasteiger partial charge in [-0.1, -0.05) is 12.1 Å². The van der Waals surface area contributed by atoms with Crippen molar-refractivity contribution in [3.8, 4) is 0 Å². The van der Waals surface area contributed by atoms with E-state index in [9.17, 15) is 22.8 Å². The highest BCUT2D eigenvalue weighted by atomic mass is 32.2. The van der Waals surface area contributed by atoms with Crippen LogP contribution in [0.5, 0.6) is 0 Å². The highest BCUT2D eigenvalue weighted by Crippen LogP contribution is 2.41. The largest absolute Gasteiger partial charge is 0.416 e. The fourth-order valence-corrected chi connectivity index (χ4v) is 3.88. The van der Waals surface area contributed by atoms with Crippen molar-refractivity contribution >= 4 is 23.6 Å². The summed E-state index contributed by atoms with van der Waals surface area (Å²) in [7, 11) is 0. The Hall–Kier alpha value is -1.70. The van der Waals surface area contributed by atoms with Gasteiger partial charge in [-0.3, -0.25) is 9.59 Å². The molecule has 1 aromatic carbocycles. The van der Waals surface area contributed by atoms with Crippen LogP contribution in [0.2, 0.25) is 0 Å². The van der Waals surface area contributed by atoms with Crippen LogP contribution < -0.4 is 5.32 Å². The summed E-state index contributed by atoms with van der Waals surface area (Å²) in [5.74, 6) is -0.180. The van der Waals surface area contributed by atoms with Gasteiger partial charge in [0.2, 0.25) is 11.8 Å². The summed E-state index contributed by atoms with van der Waals surface area (Å²) in [6.45, 7) is 1.65. The molecular weight excluding hydrogens is 341 g/mol. The maximum absolute atomic E-state index is 12.7. The standard InChI is InChI=1S/C16H17F3N2O2S/c1-9(14(23)20-12-6-7-12)21-13(22)8-24-15(21)10-2-4-11(5-3-10)16(17,18)19/h2-5,9,12,15H,6-8H2,1H3,(H,20,23)/t9-,15+/m1/s1. The molecule has 2 atom stereocenters. The third-order valence-corrected chi connectivity index (χ3v) is 5.38. The lowest BCUT2D eigenvalue weighted by atomic mass is 10.1. The number of hydrogen-bond acceptors (Lipinski definition) is 3. The van der Waals surface area contributed by atoms with Crippen molar-refractivity contribution in [2.75, 3.05) is 5.75 Å². The minimum Gasteiger partial charge on any atom is -0.352 e.